The highest BCUT2D eigenvalue weighted by Crippen LogP contribution is 2.19. The Morgan fingerprint density at radius 3 is 2.85 bits per heavy atom. The Balaban J connectivity index is 1.59. The number of nitrogens with zero attached hydrogens (tertiary/aromatic N) is 2. The molecule has 2 aromatic carbocycles. The zero-order chi connectivity index (χ0) is 19.1. The second kappa shape index (κ2) is 8.96. The first-order valence-corrected chi connectivity index (χ1v) is 8.74. The maximum Gasteiger partial charge on any atom is 0.277 e. The summed E-state index contributed by atoms with van der Waals surface area (Å²) < 4.78 is 5.56. The molecule has 0 unspecified atom stereocenters. The van der Waals surface area contributed by atoms with Gasteiger partial charge in [-0.05, 0) is 30.2 Å². The third kappa shape index (κ3) is 4.92. The van der Waals surface area contributed by atoms with Crippen molar-refractivity contribution < 1.29 is 9.53 Å². The number of rotatable bonds is 7. The van der Waals surface area contributed by atoms with Gasteiger partial charge in [-0.3, -0.25) is 4.79 Å². The lowest BCUT2D eigenvalue weighted by Gasteiger charge is -2.09. The molecule has 27 heavy (non-hydrogen) atoms. The fraction of sp³-hybridized carbons (Fsp3) is 0.0952. The number of carbonyl (C=O) groups is 1. The average Bonchev–Trinajstić information content (AvgIpc) is 2.68. The molecule has 0 aliphatic heterocycles. The van der Waals surface area contributed by atoms with Crippen molar-refractivity contribution in [3.63, 3.8) is 0 Å². The van der Waals surface area contributed by atoms with Gasteiger partial charge in [-0.2, -0.15) is 5.10 Å². The molecule has 136 valence electrons. The molecule has 3 aromatic rings. The molecule has 1 amide bonds. The highest BCUT2D eigenvalue weighted by Gasteiger charge is 2.06. The molecule has 0 saturated carbocycles. The van der Waals surface area contributed by atoms with Gasteiger partial charge < -0.3 is 4.74 Å². The number of benzene rings is 2. The summed E-state index contributed by atoms with van der Waals surface area (Å²) in [4.78, 5) is 16.3. The maximum absolute atomic E-state index is 12.0. The number of allylic oxidation sites excluding steroid dienone is 1. The van der Waals surface area contributed by atoms with E-state index >= 15 is 0 Å². The van der Waals surface area contributed by atoms with E-state index in [4.69, 9.17) is 16.3 Å². The van der Waals surface area contributed by atoms with E-state index in [1.165, 1.54) is 6.21 Å². The number of pyridine rings is 1. The van der Waals surface area contributed by atoms with Crippen LogP contribution in [0, 0.1) is 0 Å². The minimum atomic E-state index is -0.371. The van der Waals surface area contributed by atoms with Crippen LogP contribution in [0.15, 0.2) is 72.4 Å². The number of hydrogen-bond acceptors (Lipinski definition) is 4. The predicted octanol–water partition coefficient (Wildman–Crippen LogP) is 4.15. The summed E-state index contributed by atoms with van der Waals surface area (Å²) in [5, 5.41) is 5.20. The number of amides is 1. The molecule has 6 heteroatoms. The molecule has 3 rings (SSSR count). The summed E-state index contributed by atoms with van der Waals surface area (Å²) in [6.45, 7) is 3.57. The number of nitrogens with one attached hydrogen (secondary N) is 1. The van der Waals surface area contributed by atoms with E-state index in [9.17, 15) is 4.79 Å². The number of ether oxygens (including phenoxy) is 1. The molecular weight excluding hydrogens is 362 g/mol. The zero-order valence-electron chi connectivity index (χ0n) is 14.6. The molecule has 0 radical (unpaired) electrons. The number of aromatic nitrogens is 1. The van der Waals surface area contributed by atoms with Crippen molar-refractivity contribution in [3.8, 4) is 5.75 Å². The first kappa shape index (κ1) is 18.6. The van der Waals surface area contributed by atoms with E-state index in [-0.39, 0.29) is 12.5 Å². The third-order valence-electron chi connectivity index (χ3n) is 3.79. The lowest BCUT2D eigenvalue weighted by atomic mass is 10.1. The number of halogens is 1. The van der Waals surface area contributed by atoms with Crippen LogP contribution in [-0.4, -0.2) is 23.7 Å². The van der Waals surface area contributed by atoms with Crippen LogP contribution in [0.2, 0.25) is 5.15 Å². The molecule has 0 fully saturated rings. The Morgan fingerprint density at radius 1 is 1.22 bits per heavy atom. The summed E-state index contributed by atoms with van der Waals surface area (Å²) in [6.07, 6.45) is 3.92. The molecule has 1 heterocycles. The maximum atomic E-state index is 12.0. The fourth-order valence-corrected chi connectivity index (χ4v) is 2.71. The topological polar surface area (TPSA) is 63.6 Å². The third-order valence-corrected chi connectivity index (χ3v) is 4.10. The van der Waals surface area contributed by atoms with E-state index in [0.717, 1.165) is 16.5 Å². The van der Waals surface area contributed by atoms with Crippen molar-refractivity contribution in [2.75, 3.05) is 6.61 Å². The van der Waals surface area contributed by atoms with Gasteiger partial charge in [0.1, 0.15) is 10.9 Å². The predicted molar refractivity (Wildman–Crippen MR) is 108 cm³/mol. The second-order valence-electron chi connectivity index (χ2n) is 5.74. The summed E-state index contributed by atoms with van der Waals surface area (Å²) in [5.41, 5.74) is 4.82. The van der Waals surface area contributed by atoms with E-state index < -0.39 is 0 Å². The van der Waals surface area contributed by atoms with Gasteiger partial charge in [0.15, 0.2) is 6.61 Å². The van der Waals surface area contributed by atoms with Crippen LogP contribution in [0.3, 0.4) is 0 Å². The Bertz CT molecular complexity index is 1000. The van der Waals surface area contributed by atoms with E-state index in [2.05, 4.69) is 22.1 Å². The van der Waals surface area contributed by atoms with Crippen LogP contribution in [0.1, 0.15) is 11.1 Å². The number of fused-ring (bicyclic) bond motifs is 1. The van der Waals surface area contributed by atoms with Crippen molar-refractivity contribution in [1.29, 1.82) is 0 Å². The van der Waals surface area contributed by atoms with Crippen LogP contribution in [-0.2, 0) is 11.2 Å². The van der Waals surface area contributed by atoms with Crippen molar-refractivity contribution in [2.24, 2.45) is 5.10 Å². The van der Waals surface area contributed by atoms with Gasteiger partial charge in [-0.1, -0.05) is 54.1 Å². The number of hydrazone groups is 1. The number of hydrogen-bond donors (Lipinski definition) is 1. The number of carbonyl (C=O) groups excluding carboxylic acids is 1. The molecule has 0 aliphatic rings. The minimum absolute atomic E-state index is 0.144. The van der Waals surface area contributed by atoms with E-state index in [1.807, 2.05) is 54.6 Å². The molecule has 0 bridgehead atoms. The van der Waals surface area contributed by atoms with Crippen LogP contribution < -0.4 is 10.2 Å². The van der Waals surface area contributed by atoms with Gasteiger partial charge in [0.2, 0.25) is 0 Å². The standard InChI is InChI=1S/C21H18ClN3O2/c1-2-7-15-8-4-6-11-19(15)27-14-20(26)25-23-13-17-12-16-9-3-5-10-18(16)24-21(17)22/h2-6,8-13H,1,7,14H2,(H,25,26). The quantitative estimate of drug-likeness (QED) is 0.290. The van der Waals surface area contributed by atoms with E-state index in [1.54, 1.807) is 6.08 Å². The average molecular weight is 380 g/mol. The summed E-state index contributed by atoms with van der Waals surface area (Å²) in [6, 6.07) is 17.0. The minimum Gasteiger partial charge on any atom is -0.483 e. The Kier molecular flexibility index (Phi) is 6.18. The molecule has 0 atom stereocenters. The molecule has 0 spiro atoms. The van der Waals surface area contributed by atoms with Gasteiger partial charge in [-0.15, -0.1) is 6.58 Å². The van der Waals surface area contributed by atoms with Gasteiger partial charge in [0.05, 0.1) is 11.7 Å². The van der Waals surface area contributed by atoms with Crippen molar-refractivity contribution in [3.05, 3.63) is 83.5 Å². The molecule has 0 aliphatic carbocycles. The molecule has 0 saturated heterocycles. The van der Waals surface area contributed by atoms with Crippen molar-refractivity contribution in [2.45, 2.75) is 6.42 Å². The van der Waals surface area contributed by atoms with Crippen molar-refractivity contribution in [1.82, 2.24) is 10.4 Å². The SMILES string of the molecule is C=CCc1ccccc1OCC(=O)NN=Cc1cc2ccccc2nc1Cl. The molecular formula is C21H18ClN3O2. The smallest absolute Gasteiger partial charge is 0.277 e. The first-order chi connectivity index (χ1) is 13.2. The van der Waals surface area contributed by atoms with Crippen LogP contribution in [0.4, 0.5) is 0 Å². The second-order valence-corrected chi connectivity index (χ2v) is 6.10. The molecule has 1 N–H and O–H groups in total. The highest BCUT2D eigenvalue weighted by molar-refractivity contribution is 6.32. The summed E-state index contributed by atoms with van der Waals surface area (Å²) in [7, 11) is 0. The highest BCUT2D eigenvalue weighted by atomic mass is 35.5. The van der Waals surface area contributed by atoms with Crippen LogP contribution in [0.25, 0.3) is 10.9 Å². The number of para-hydroxylation sites is 2. The zero-order valence-corrected chi connectivity index (χ0v) is 15.3. The van der Waals surface area contributed by atoms with E-state index in [0.29, 0.717) is 22.9 Å². The van der Waals surface area contributed by atoms with Gasteiger partial charge >= 0.3 is 0 Å². The van der Waals surface area contributed by atoms with Gasteiger partial charge in [0.25, 0.3) is 5.91 Å². The van der Waals surface area contributed by atoms with Crippen LogP contribution in [0.5, 0.6) is 5.75 Å². The normalized spacial score (nSPS) is 10.9. The lowest BCUT2D eigenvalue weighted by molar-refractivity contribution is -0.123. The first-order valence-electron chi connectivity index (χ1n) is 8.36. The summed E-state index contributed by atoms with van der Waals surface area (Å²) >= 11 is 6.16. The Labute approximate surface area is 162 Å². The lowest BCUT2D eigenvalue weighted by Crippen LogP contribution is -2.24. The summed E-state index contributed by atoms with van der Waals surface area (Å²) in [5.74, 6) is 0.280. The van der Waals surface area contributed by atoms with Crippen LogP contribution >= 0.6 is 11.6 Å². The Morgan fingerprint density at radius 2 is 2.00 bits per heavy atom. The monoisotopic (exact) mass is 379 g/mol. The largest absolute Gasteiger partial charge is 0.483 e. The van der Waals surface area contributed by atoms with Gasteiger partial charge in [0, 0.05) is 10.9 Å². The van der Waals surface area contributed by atoms with Crippen molar-refractivity contribution >= 4 is 34.6 Å². The Hall–Kier alpha value is -3.18. The molecule has 5 nitrogen and oxygen atoms in total. The van der Waals surface area contributed by atoms with Gasteiger partial charge in [-0.25, -0.2) is 10.4 Å². The molecule has 1 aromatic heterocycles. The fourth-order valence-electron chi connectivity index (χ4n) is 2.52.